The predicted octanol–water partition coefficient (Wildman–Crippen LogP) is 3.97. The minimum Gasteiger partial charge on any atom is -0.350 e. The van der Waals surface area contributed by atoms with Crippen LogP contribution in [0.1, 0.15) is 29.3 Å². The number of thiophene rings is 1. The lowest BCUT2D eigenvalue weighted by Gasteiger charge is -2.14. The van der Waals surface area contributed by atoms with E-state index in [1.807, 2.05) is 56.5 Å². The van der Waals surface area contributed by atoms with E-state index in [1.165, 1.54) is 16.2 Å². The van der Waals surface area contributed by atoms with Gasteiger partial charge in [0.15, 0.2) is 0 Å². The minimum absolute atomic E-state index is 0.211. The monoisotopic (exact) mass is 340 g/mol. The van der Waals surface area contributed by atoms with Gasteiger partial charge in [-0.25, -0.2) is 0 Å². The lowest BCUT2D eigenvalue weighted by atomic mass is 10.1. The van der Waals surface area contributed by atoms with Crippen LogP contribution in [-0.4, -0.2) is 23.3 Å². The van der Waals surface area contributed by atoms with Crippen LogP contribution >= 0.6 is 11.3 Å². The third kappa shape index (κ3) is 2.87. The SMILES string of the molecule is CCCN1C(=O)C(Nc2cc(C)ccc2C)=C(c2cccs2)C1=O. The molecule has 1 aliphatic heterocycles. The molecule has 0 spiro atoms. The summed E-state index contributed by atoms with van der Waals surface area (Å²) < 4.78 is 0. The van der Waals surface area contributed by atoms with Crippen molar-refractivity contribution in [2.24, 2.45) is 0 Å². The van der Waals surface area contributed by atoms with E-state index in [2.05, 4.69) is 5.32 Å². The van der Waals surface area contributed by atoms with Crippen molar-refractivity contribution in [3.8, 4) is 0 Å². The quantitative estimate of drug-likeness (QED) is 0.838. The Bertz CT molecular complexity index is 822. The van der Waals surface area contributed by atoms with E-state index in [0.29, 0.717) is 17.8 Å². The van der Waals surface area contributed by atoms with Crippen molar-refractivity contribution in [3.63, 3.8) is 0 Å². The molecular weight excluding hydrogens is 320 g/mol. The summed E-state index contributed by atoms with van der Waals surface area (Å²) in [7, 11) is 0. The van der Waals surface area contributed by atoms with Crippen LogP contribution in [0.3, 0.4) is 0 Å². The highest BCUT2D eigenvalue weighted by Crippen LogP contribution is 2.33. The van der Waals surface area contributed by atoms with Crippen LogP contribution in [-0.2, 0) is 9.59 Å². The van der Waals surface area contributed by atoms with Crippen LogP contribution in [0, 0.1) is 13.8 Å². The van der Waals surface area contributed by atoms with E-state index in [1.54, 1.807) is 0 Å². The van der Waals surface area contributed by atoms with Crippen molar-refractivity contribution in [3.05, 3.63) is 57.4 Å². The lowest BCUT2D eigenvalue weighted by molar-refractivity contribution is -0.136. The second-order valence-corrected chi connectivity index (χ2v) is 6.88. The van der Waals surface area contributed by atoms with Gasteiger partial charge in [0.25, 0.3) is 11.8 Å². The summed E-state index contributed by atoms with van der Waals surface area (Å²) in [6.45, 7) is 6.38. The van der Waals surface area contributed by atoms with Gasteiger partial charge in [0.1, 0.15) is 5.70 Å². The molecule has 5 heteroatoms. The summed E-state index contributed by atoms with van der Waals surface area (Å²) in [6, 6.07) is 9.80. The fourth-order valence-corrected chi connectivity index (χ4v) is 3.54. The van der Waals surface area contributed by atoms with Gasteiger partial charge < -0.3 is 5.32 Å². The van der Waals surface area contributed by atoms with Gasteiger partial charge in [-0.3, -0.25) is 14.5 Å². The summed E-state index contributed by atoms with van der Waals surface area (Å²) in [5.41, 5.74) is 3.85. The second kappa shape index (κ2) is 6.61. The number of nitrogens with one attached hydrogen (secondary N) is 1. The van der Waals surface area contributed by atoms with Crippen molar-refractivity contribution in [1.29, 1.82) is 0 Å². The first-order valence-corrected chi connectivity index (χ1v) is 8.89. The molecule has 4 nitrogen and oxygen atoms in total. The lowest BCUT2D eigenvalue weighted by Crippen LogP contribution is -2.33. The standard InChI is InChI=1S/C19H20N2O2S/c1-4-9-21-18(22)16(15-6-5-10-24-15)17(19(21)23)20-14-11-12(2)7-8-13(14)3/h5-8,10-11,20H,4,9H2,1-3H3. The molecule has 1 N–H and O–H groups in total. The molecule has 0 aliphatic carbocycles. The van der Waals surface area contributed by atoms with Gasteiger partial charge in [0, 0.05) is 17.1 Å². The Labute approximate surface area is 145 Å². The third-order valence-corrected chi connectivity index (χ3v) is 4.92. The summed E-state index contributed by atoms with van der Waals surface area (Å²) in [6.07, 6.45) is 0.742. The zero-order valence-electron chi connectivity index (χ0n) is 14.1. The molecule has 24 heavy (non-hydrogen) atoms. The second-order valence-electron chi connectivity index (χ2n) is 5.93. The summed E-state index contributed by atoms with van der Waals surface area (Å²) >= 11 is 1.47. The Morgan fingerprint density at radius 2 is 1.92 bits per heavy atom. The number of carbonyl (C=O) groups is 2. The highest BCUT2D eigenvalue weighted by atomic mass is 32.1. The summed E-state index contributed by atoms with van der Waals surface area (Å²) in [5, 5.41) is 5.15. The average molecular weight is 340 g/mol. The maximum absolute atomic E-state index is 12.8. The molecule has 2 amide bonds. The van der Waals surface area contributed by atoms with E-state index in [-0.39, 0.29) is 11.8 Å². The molecule has 0 fully saturated rings. The van der Waals surface area contributed by atoms with E-state index in [9.17, 15) is 9.59 Å². The first kappa shape index (κ1) is 16.5. The van der Waals surface area contributed by atoms with Gasteiger partial charge in [-0.15, -0.1) is 11.3 Å². The van der Waals surface area contributed by atoms with Crippen molar-refractivity contribution in [1.82, 2.24) is 4.90 Å². The molecule has 0 unspecified atom stereocenters. The van der Waals surface area contributed by atoms with Gasteiger partial charge in [0.05, 0.1) is 5.57 Å². The fourth-order valence-electron chi connectivity index (χ4n) is 2.77. The fraction of sp³-hybridized carbons (Fsp3) is 0.263. The normalized spacial score (nSPS) is 14.7. The molecule has 0 radical (unpaired) electrons. The molecule has 0 saturated heterocycles. The molecule has 0 bridgehead atoms. The zero-order chi connectivity index (χ0) is 17.3. The van der Waals surface area contributed by atoms with Crippen molar-refractivity contribution < 1.29 is 9.59 Å². The molecule has 1 aromatic carbocycles. The van der Waals surface area contributed by atoms with E-state index < -0.39 is 0 Å². The Kier molecular flexibility index (Phi) is 4.53. The maximum atomic E-state index is 12.8. The smallest absolute Gasteiger partial charge is 0.278 e. The highest BCUT2D eigenvalue weighted by molar-refractivity contribution is 7.11. The number of hydrogen-bond acceptors (Lipinski definition) is 4. The Morgan fingerprint density at radius 3 is 2.58 bits per heavy atom. The maximum Gasteiger partial charge on any atom is 0.278 e. The minimum atomic E-state index is -0.244. The summed E-state index contributed by atoms with van der Waals surface area (Å²) in [4.78, 5) is 27.7. The first-order chi connectivity index (χ1) is 11.5. The van der Waals surface area contributed by atoms with Crippen LogP contribution in [0.4, 0.5) is 5.69 Å². The number of aryl methyl sites for hydroxylation is 2. The molecule has 1 aromatic heterocycles. The van der Waals surface area contributed by atoms with Gasteiger partial charge >= 0.3 is 0 Å². The number of hydrogen-bond donors (Lipinski definition) is 1. The van der Waals surface area contributed by atoms with Gasteiger partial charge in [-0.2, -0.15) is 0 Å². The third-order valence-electron chi connectivity index (χ3n) is 4.04. The molecule has 2 heterocycles. The topological polar surface area (TPSA) is 49.4 Å². The number of anilines is 1. The van der Waals surface area contributed by atoms with Crippen LogP contribution in [0.2, 0.25) is 0 Å². The van der Waals surface area contributed by atoms with Crippen LogP contribution in [0.25, 0.3) is 5.57 Å². The molecule has 2 aromatic rings. The van der Waals surface area contributed by atoms with Gasteiger partial charge in [-0.1, -0.05) is 25.1 Å². The zero-order valence-corrected chi connectivity index (χ0v) is 14.9. The highest BCUT2D eigenvalue weighted by Gasteiger charge is 2.39. The molecule has 3 rings (SSSR count). The van der Waals surface area contributed by atoms with Crippen LogP contribution in [0.5, 0.6) is 0 Å². The average Bonchev–Trinajstić information content (AvgIpc) is 3.14. The Hall–Kier alpha value is -2.40. The van der Waals surface area contributed by atoms with Gasteiger partial charge in [0.2, 0.25) is 0 Å². The largest absolute Gasteiger partial charge is 0.350 e. The van der Waals surface area contributed by atoms with Crippen LogP contribution < -0.4 is 5.32 Å². The molecule has 1 aliphatic rings. The van der Waals surface area contributed by atoms with Crippen LogP contribution in [0.15, 0.2) is 41.4 Å². The first-order valence-electron chi connectivity index (χ1n) is 8.01. The van der Waals surface area contributed by atoms with E-state index >= 15 is 0 Å². The number of nitrogens with zero attached hydrogens (tertiary/aromatic N) is 1. The van der Waals surface area contributed by atoms with Gasteiger partial charge in [-0.05, 0) is 48.9 Å². The molecular formula is C19H20N2O2S. The number of amides is 2. The molecule has 0 atom stereocenters. The predicted molar refractivity (Wildman–Crippen MR) is 97.8 cm³/mol. The van der Waals surface area contributed by atoms with E-state index in [0.717, 1.165) is 28.1 Å². The molecule has 124 valence electrons. The Balaban J connectivity index is 2.07. The number of carbonyl (C=O) groups excluding carboxylic acids is 2. The van der Waals surface area contributed by atoms with Crippen molar-refractivity contribution in [2.45, 2.75) is 27.2 Å². The number of benzene rings is 1. The van der Waals surface area contributed by atoms with Crippen molar-refractivity contribution in [2.75, 3.05) is 11.9 Å². The van der Waals surface area contributed by atoms with Crippen molar-refractivity contribution >= 4 is 34.4 Å². The van der Waals surface area contributed by atoms with E-state index in [4.69, 9.17) is 0 Å². The number of rotatable bonds is 5. The summed E-state index contributed by atoms with van der Waals surface area (Å²) in [5.74, 6) is -0.455. The molecule has 0 saturated carbocycles. The number of imide groups is 1. The Morgan fingerprint density at radius 1 is 1.12 bits per heavy atom.